The van der Waals surface area contributed by atoms with E-state index in [4.69, 9.17) is 0 Å². The number of aromatic nitrogens is 3. The summed E-state index contributed by atoms with van der Waals surface area (Å²) in [4.78, 5) is 16.9. The van der Waals surface area contributed by atoms with E-state index in [1.54, 1.807) is 32.4 Å². The van der Waals surface area contributed by atoms with Gasteiger partial charge in [0.15, 0.2) is 0 Å². The fraction of sp³-hybridized carbons (Fsp3) is 0.308. The molecule has 0 fully saturated rings. The standard InChI is InChI=1S/C13H16N4O2S/c1-8-5-6-10(9(2)11(8)20(4)19)12(18)16-13-14-7-15-17(13)3/h5-7H,1-4H3,(H,14,15,16,18). The molecule has 1 atom stereocenters. The Hall–Kier alpha value is -2.02. The van der Waals surface area contributed by atoms with E-state index in [2.05, 4.69) is 15.4 Å². The van der Waals surface area contributed by atoms with Crippen molar-refractivity contribution in [3.63, 3.8) is 0 Å². The Labute approximate surface area is 119 Å². The molecular weight excluding hydrogens is 276 g/mol. The molecule has 1 unspecified atom stereocenters. The highest BCUT2D eigenvalue weighted by Gasteiger charge is 2.17. The van der Waals surface area contributed by atoms with Gasteiger partial charge in [0.1, 0.15) is 6.33 Å². The van der Waals surface area contributed by atoms with Crippen LogP contribution in [-0.4, -0.2) is 31.1 Å². The van der Waals surface area contributed by atoms with E-state index in [1.165, 1.54) is 11.0 Å². The van der Waals surface area contributed by atoms with Crippen molar-refractivity contribution in [3.8, 4) is 0 Å². The lowest BCUT2D eigenvalue weighted by Crippen LogP contribution is -2.17. The molecule has 1 amide bonds. The smallest absolute Gasteiger partial charge is 0.258 e. The van der Waals surface area contributed by atoms with Crippen molar-refractivity contribution in [1.82, 2.24) is 14.8 Å². The molecule has 1 heterocycles. The van der Waals surface area contributed by atoms with Gasteiger partial charge in [-0.1, -0.05) is 6.07 Å². The van der Waals surface area contributed by atoms with Gasteiger partial charge < -0.3 is 0 Å². The highest BCUT2D eigenvalue weighted by Crippen LogP contribution is 2.22. The second-order valence-corrected chi connectivity index (χ2v) is 5.82. The SMILES string of the molecule is Cc1ccc(C(=O)Nc2ncnn2C)c(C)c1S(C)=O. The molecule has 1 aromatic carbocycles. The fourth-order valence-electron chi connectivity index (χ4n) is 2.09. The van der Waals surface area contributed by atoms with Crippen LogP contribution >= 0.6 is 0 Å². The lowest BCUT2D eigenvalue weighted by molar-refractivity contribution is 0.102. The Morgan fingerprint density at radius 2 is 2.05 bits per heavy atom. The predicted molar refractivity (Wildman–Crippen MR) is 77.2 cm³/mol. The van der Waals surface area contributed by atoms with E-state index < -0.39 is 10.8 Å². The molecule has 0 radical (unpaired) electrons. The molecule has 1 N–H and O–H groups in total. The van der Waals surface area contributed by atoms with Gasteiger partial charge in [-0.3, -0.25) is 14.3 Å². The number of rotatable bonds is 3. The zero-order chi connectivity index (χ0) is 14.9. The molecule has 20 heavy (non-hydrogen) atoms. The maximum atomic E-state index is 12.3. The zero-order valence-corrected chi connectivity index (χ0v) is 12.6. The summed E-state index contributed by atoms with van der Waals surface area (Å²) < 4.78 is 13.3. The van der Waals surface area contributed by atoms with Gasteiger partial charge in [0.25, 0.3) is 5.91 Å². The number of hydrogen-bond donors (Lipinski definition) is 1. The van der Waals surface area contributed by atoms with Crippen molar-refractivity contribution in [1.29, 1.82) is 0 Å². The maximum Gasteiger partial charge on any atom is 0.258 e. The molecule has 0 bridgehead atoms. The number of nitrogens with zero attached hydrogens (tertiary/aromatic N) is 3. The molecule has 0 saturated carbocycles. The van der Waals surface area contributed by atoms with Crippen LogP contribution < -0.4 is 5.32 Å². The quantitative estimate of drug-likeness (QED) is 0.928. The summed E-state index contributed by atoms with van der Waals surface area (Å²) in [6.07, 6.45) is 2.98. The molecule has 106 valence electrons. The monoisotopic (exact) mass is 292 g/mol. The topological polar surface area (TPSA) is 76.9 Å². The Kier molecular flexibility index (Phi) is 3.99. The summed E-state index contributed by atoms with van der Waals surface area (Å²) >= 11 is 0. The van der Waals surface area contributed by atoms with Crippen LogP contribution in [0.25, 0.3) is 0 Å². The normalized spacial score (nSPS) is 12.2. The molecule has 6 nitrogen and oxygen atoms in total. The lowest BCUT2D eigenvalue weighted by atomic mass is 10.1. The van der Waals surface area contributed by atoms with Crippen LogP contribution in [0.3, 0.4) is 0 Å². The Bertz CT molecular complexity index is 694. The Morgan fingerprint density at radius 1 is 1.35 bits per heavy atom. The van der Waals surface area contributed by atoms with Crippen molar-refractivity contribution >= 4 is 22.7 Å². The van der Waals surface area contributed by atoms with Gasteiger partial charge in [0, 0.05) is 23.8 Å². The molecule has 2 rings (SSSR count). The minimum Gasteiger partial charge on any atom is -0.291 e. The van der Waals surface area contributed by atoms with Crippen LogP contribution in [0.1, 0.15) is 21.5 Å². The number of carbonyl (C=O) groups excluding carboxylic acids is 1. The van der Waals surface area contributed by atoms with Gasteiger partial charge in [-0.25, -0.2) is 4.68 Å². The van der Waals surface area contributed by atoms with Crippen LogP contribution in [0.5, 0.6) is 0 Å². The molecule has 1 aromatic heterocycles. The number of nitrogens with one attached hydrogen (secondary N) is 1. The molecule has 0 aliphatic carbocycles. The molecule has 0 spiro atoms. The van der Waals surface area contributed by atoms with Crippen molar-refractivity contribution in [2.24, 2.45) is 7.05 Å². The minimum atomic E-state index is -1.14. The Morgan fingerprint density at radius 3 is 2.60 bits per heavy atom. The third kappa shape index (κ3) is 2.62. The molecule has 2 aromatic rings. The van der Waals surface area contributed by atoms with Crippen molar-refractivity contribution in [2.45, 2.75) is 18.7 Å². The van der Waals surface area contributed by atoms with Crippen molar-refractivity contribution < 1.29 is 9.00 Å². The third-order valence-corrected chi connectivity index (χ3v) is 4.27. The van der Waals surface area contributed by atoms with Crippen LogP contribution in [0.4, 0.5) is 5.95 Å². The average Bonchev–Trinajstić information content (AvgIpc) is 2.74. The summed E-state index contributed by atoms with van der Waals surface area (Å²) in [5.41, 5.74) is 2.13. The first-order valence-electron chi connectivity index (χ1n) is 6.00. The highest BCUT2D eigenvalue weighted by molar-refractivity contribution is 7.84. The second-order valence-electron chi connectivity index (χ2n) is 4.50. The summed E-state index contributed by atoms with van der Waals surface area (Å²) in [6, 6.07) is 3.53. The number of hydrogen-bond acceptors (Lipinski definition) is 4. The zero-order valence-electron chi connectivity index (χ0n) is 11.8. The Balaban J connectivity index is 2.38. The van der Waals surface area contributed by atoms with Gasteiger partial charge in [0.2, 0.25) is 5.95 Å². The van der Waals surface area contributed by atoms with Gasteiger partial charge in [-0.15, -0.1) is 0 Å². The molecule has 0 aliphatic rings. The van der Waals surface area contributed by atoms with Gasteiger partial charge >= 0.3 is 0 Å². The average molecular weight is 292 g/mol. The van der Waals surface area contributed by atoms with Gasteiger partial charge in [-0.05, 0) is 31.0 Å². The summed E-state index contributed by atoms with van der Waals surface area (Å²) in [7, 11) is 0.556. The molecular formula is C13H16N4O2S. The van der Waals surface area contributed by atoms with Crippen molar-refractivity contribution in [2.75, 3.05) is 11.6 Å². The fourth-order valence-corrected chi connectivity index (χ4v) is 3.16. The molecule has 0 aliphatic heterocycles. The van der Waals surface area contributed by atoms with Crippen LogP contribution in [-0.2, 0) is 17.8 Å². The van der Waals surface area contributed by atoms with E-state index in [1.807, 2.05) is 6.92 Å². The first-order chi connectivity index (χ1) is 9.41. The number of anilines is 1. The second kappa shape index (κ2) is 5.54. The number of aryl methyl sites for hydroxylation is 2. The van der Waals surface area contributed by atoms with Gasteiger partial charge in [-0.2, -0.15) is 10.1 Å². The first kappa shape index (κ1) is 14.4. The van der Waals surface area contributed by atoms with Crippen LogP contribution in [0.15, 0.2) is 23.4 Å². The highest BCUT2D eigenvalue weighted by atomic mass is 32.2. The van der Waals surface area contributed by atoms with Crippen LogP contribution in [0.2, 0.25) is 0 Å². The molecule has 0 saturated heterocycles. The van der Waals surface area contributed by atoms with E-state index in [0.29, 0.717) is 16.4 Å². The number of amides is 1. The van der Waals surface area contributed by atoms with Gasteiger partial charge in [0.05, 0.1) is 10.8 Å². The van der Waals surface area contributed by atoms with E-state index in [9.17, 15) is 9.00 Å². The largest absolute Gasteiger partial charge is 0.291 e. The van der Waals surface area contributed by atoms with Crippen molar-refractivity contribution in [3.05, 3.63) is 35.2 Å². The van der Waals surface area contributed by atoms with E-state index in [0.717, 1.165) is 11.1 Å². The summed E-state index contributed by atoms with van der Waals surface area (Å²) in [5, 5.41) is 6.57. The first-order valence-corrected chi connectivity index (χ1v) is 7.56. The summed E-state index contributed by atoms with van der Waals surface area (Å²) in [5.74, 6) is 0.0828. The number of carbonyl (C=O) groups is 1. The minimum absolute atomic E-state index is 0.287. The predicted octanol–water partition coefficient (Wildman–Crippen LogP) is 1.42. The van der Waals surface area contributed by atoms with Crippen LogP contribution in [0, 0.1) is 13.8 Å². The van der Waals surface area contributed by atoms with E-state index >= 15 is 0 Å². The molecule has 7 heteroatoms. The lowest BCUT2D eigenvalue weighted by Gasteiger charge is -2.12. The maximum absolute atomic E-state index is 12.3. The number of benzene rings is 1. The summed E-state index contributed by atoms with van der Waals surface area (Å²) in [6.45, 7) is 3.68. The van der Waals surface area contributed by atoms with E-state index in [-0.39, 0.29) is 5.91 Å². The third-order valence-electron chi connectivity index (χ3n) is 3.07.